The molecule has 1 saturated heterocycles. The molecule has 1 atom stereocenters. The van der Waals surface area contributed by atoms with Crippen molar-refractivity contribution in [3.63, 3.8) is 0 Å². The summed E-state index contributed by atoms with van der Waals surface area (Å²) >= 11 is 4.71. The van der Waals surface area contributed by atoms with Crippen molar-refractivity contribution in [3.8, 4) is 0 Å². The Bertz CT molecular complexity index is 92.2. The minimum Gasteiger partial charge on any atom is -0.345 e. The van der Waals surface area contributed by atoms with E-state index >= 15 is 0 Å². The van der Waals surface area contributed by atoms with E-state index < -0.39 is 0 Å². The topological polar surface area (TPSA) is 36.1 Å². The van der Waals surface area contributed by atoms with Crippen LogP contribution in [0.4, 0.5) is 0 Å². The van der Waals surface area contributed by atoms with Gasteiger partial charge in [-0.25, -0.2) is 5.43 Å². The normalized spacial score (nSPS) is 29.3. The molecule has 1 heterocycles. The van der Waals surface area contributed by atoms with Crippen LogP contribution in [0.25, 0.3) is 0 Å². The van der Waals surface area contributed by atoms with E-state index in [9.17, 15) is 0 Å². The predicted molar refractivity (Wildman–Crippen MR) is 31.5 cm³/mol. The summed E-state index contributed by atoms with van der Waals surface area (Å²) in [6.07, 6.45) is 0.271. The molecule has 1 unspecified atom stereocenters. The van der Waals surface area contributed by atoms with Gasteiger partial charge < -0.3 is 5.32 Å². The molecule has 0 spiro atoms. The van der Waals surface area contributed by atoms with Crippen molar-refractivity contribution < 1.29 is 0 Å². The fraction of sp³-hybridized carbons (Fsp3) is 0.667. The molecule has 3 nitrogen and oxygen atoms in total. The third-order valence-corrected chi connectivity index (χ3v) is 0.970. The van der Waals surface area contributed by atoms with Gasteiger partial charge in [-0.15, -0.1) is 0 Å². The monoisotopic (exact) mass is 117 g/mol. The summed E-state index contributed by atoms with van der Waals surface area (Å²) in [5.74, 6) is 0. The lowest BCUT2D eigenvalue weighted by Gasteiger charge is -1.95. The van der Waals surface area contributed by atoms with Crippen molar-refractivity contribution in [1.29, 1.82) is 0 Å². The Kier molecular flexibility index (Phi) is 1.12. The Labute approximate surface area is 47.4 Å². The van der Waals surface area contributed by atoms with E-state index in [1.807, 2.05) is 6.92 Å². The molecule has 0 saturated carbocycles. The minimum absolute atomic E-state index is 0.271. The molecular weight excluding hydrogens is 110 g/mol. The third-order valence-electron chi connectivity index (χ3n) is 0.750. The Morgan fingerprint density at radius 3 is 2.57 bits per heavy atom. The molecule has 0 aromatic rings. The zero-order chi connectivity index (χ0) is 5.28. The van der Waals surface area contributed by atoms with Crippen LogP contribution in [0.1, 0.15) is 6.92 Å². The van der Waals surface area contributed by atoms with E-state index in [1.54, 1.807) is 0 Å². The van der Waals surface area contributed by atoms with Crippen molar-refractivity contribution in [2.75, 3.05) is 0 Å². The first-order chi connectivity index (χ1) is 3.29. The van der Waals surface area contributed by atoms with Crippen LogP contribution in [0.2, 0.25) is 0 Å². The van der Waals surface area contributed by atoms with Gasteiger partial charge in [-0.1, -0.05) is 0 Å². The average molecular weight is 117 g/mol. The van der Waals surface area contributed by atoms with Gasteiger partial charge in [-0.2, -0.15) is 0 Å². The number of hydrogen-bond acceptors (Lipinski definition) is 2. The largest absolute Gasteiger partial charge is 0.345 e. The van der Waals surface area contributed by atoms with Crippen molar-refractivity contribution in [3.05, 3.63) is 0 Å². The summed E-state index contributed by atoms with van der Waals surface area (Å²) in [4.78, 5) is 0. The molecule has 4 heteroatoms. The fourth-order valence-electron chi connectivity index (χ4n) is 0.443. The maximum Gasteiger partial charge on any atom is 0.182 e. The Morgan fingerprint density at radius 1 is 1.71 bits per heavy atom. The SMILES string of the molecule is CC1NNC(=S)N1. The highest BCUT2D eigenvalue weighted by Crippen LogP contribution is 1.78. The van der Waals surface area contributed by atoms with Crippen LogP contribution in [-0.4, -0.2) is 11.3 Å². The standard InChI is InChI=1S/C3H7N3S/c1-2-4-3(7)6-5-2/h2,5H,1H3,(H2,4,6,7). The van der Waals surface area contributed by atoms with Crippen molar-refractivity contribution >= 4 is 17.3 Å². The predicted octanol–water partition coefficient (Wildman–Crippen LogP) is -0.685. The highest BCUT2D eigenvalue weighted by molar-refractivity contribution is 7.80. The highest BCUT2D eigenvalue weighted by Gasteiger charge is 2.08. The molecule has 0 aromatic carbocycles. The summed E-state index contributed by atoms with van der Waals surface area (Å²) in [5.41, 5.74) is 5.61. The summed E-state index contributed by atoms with van der Waals surface area (Å²) in [5, 5.41) is 3.60. The van der Waals surface area contributed by atoms with Crippen LogP contribution in [0.5, 0.6) is 0 Å². The zero-order valence-corrected chi connectivity index (χ0v) is 4.80. The van der Waals surface area contributed by atoms with Crippen molar-refractivity contribution in [1.82, 2.24) is 16.2 Å². The van der Waals surface area contributed by atoms with Crippen LogP contribution in [0.3, 0.4) is 0 Å². The molecule has 1 aliphatic rings. The van der Waals surface area contributed by atoms with Gasteiger partial charge in [0.2, 0.25) is 0 Å². The molecular formula is C3H7N3S. The average Bonchev–Trinajstić information content (AvgIpc) is 1.87. The number of thiocarbonyl (C=S) groups is 1. The second-order valence-corrected chi connectivity index (χ2v) is 1.87. The lowest BCUT2D eigenvalue weighted by molar-refractivity contribution is 0.570. The molecule has 0 bridgehead atoms. The van der Waals surface area contributed by atoms with E-state index in [0.29, 0.717) is 5.11 Å². The van der Waals surface area contributed by atoms with Crippen molar-refractivity contribution in [2.24, 2.45) is 0 Å². The van der Waals surface area contributed by atoms with Gasteiger partial charge in [0.1, 0.15) is 0 Å². The lowest BCUT2D eigenvalue weighted by Crippen LogP contribution is -2.30. The molecule has 1 rings (SSSR count). The quantitative estimate of drug-likeness (QED) is 0.367. The van der Waals surface area contributed by atoms with Crippen LogP contribution in [0.15, 0.2) is 0 Å². The van der Waals surface area contributed by atoms with Crippen LogP contribution < -0.4 is 16.2 Å². The summed E-state index contributed by atoms with van der Waals surface area (Å²) in [6, 6.07) is 0. The van der Waals surface area contributed by atoms with Gasteiger partial charge in [0, 0.05) is 0 Å². The maximum absolute atomic E-state index is 4.71. The molecule has 0 radical (unpaired) electrons. The van der Waals surface area contributed by atoms with E-state index in [-0.39, 0.29) is 6.17 Å². The second-order valence-electron chi connectivity index (χ2n) is 1.46. The Balaban J connectivity index is 2.40. The molecule has 3 N–H and O–H groups in total. The number of hydrogen-bond donors (Lipinski definition) is 3. The first-order valence-electron chi connectivity index (χ1n) is 2.11. The van der Waals surface area contributed by atoms with Gasteiger partial charge in [0.05, 0.1) is 6.17 Å². The molecule has 7 heavy (non-hydrogen) atoms. The van der Waals surface area contributed by atoms with Gasteiger partial charge in [-0.05, 0) is 19.1 Å². The fourth-order valence-corrected chi connectivity index (χ4v) is 0.678. The second kappa shape index (κ2) is 1.63. The molecule has 1 aliphatic heterocycles. The van der Waals surface area contributed by atoms with Gasteiger partial charge >= 0.3 is 0 Å². The number of hydrazine groups is 1. The van der Waals surface area contributed by atoms with E-state index in [2.05, 4.69) is 16.2 Å². The summed E-state index contributed by atoms with van der Waals surface area (Å²) < 4.78 is 0. The smallest absolute Gasteiger partial charge is 0.182 e. The molecule has 0 amide bonds. The van der Waals surface area contributed by atoms with Gasteiger partial charge in [-0.3, -0.25) is 5.43 Å². The van der Waals surface area contributed by atoms with Crippen LogP contribution in [0, 0.1) is 0 Å². The summed E-state index contributed by atoms with van der Waals surface area (Å²) in [6.45, 7) is 1.98. The first kappa shape index (κ1) is 4.80. The number of rotatable bonds is 0. The van der Waals surface area contributed by atoms with Gasteiger partial charge in [0.15, 0.2) is 5.11 Å². The molecule has 40 valence electrons. The van der Waals surface area contributed by atoms with E-state index in [4.69, 9.17) is 12.2 Å². The molecule has 1 fully saturated rings. The highest BCUT2D eigenvalue weighted by atomic mass is 32.1. The van der Waals surface area contributed by atoms with Crippen LogP contribution >= 0.6 is 12.2 Å². The van der Waals surface area contributed by atoms with E-state index in [1.165, 1.54) is 0 Å². The molecule has 0 aliphatic carbocycles. The maximum atomic E-state index is 4.71. The van der Waals surface area contributed by atoms with E-state index in [0.717, 1.165) is 0 Å². The van der Waals surface area contributed by atoms with Crippen molar-refractivity contribution in [2.45, 2.75) is 13.1 Å². The first-order valence-corrected chi connectivity index (χ1v) is 2.52. The Hall–Kier alpha value is -0.350. The zero-order valence-electron chi connectivity index (χ0n) is 3.99. The third kappa shape index (κ3) is 1.01. The Morgan fingerprint density at radius 2 is 2.43 bits per heavy atom. The van der Waals surface area contributed by atoms with Crippen LogP contribution in [-0.2, 0) is 0 Å². The van der Waals surface area contributed by atoms with Gasteiger partial charge in [0.25, 0.3) is 0 Å². The summed E-state index contributed by atoms with van der Waals surface area (Å²) in [7, 11) is 0. The molecule has 0 aromatic heterocycles. The number of nitrogens with one attached hydrogen (secondary N) is 3. The minimum atomic E-state index is 0.271. The lowest BCUT2D eigenvalue weighted by atomic mass is 10.6.